The van der Waals surface area contributed by atoms with Crippen LogP contribution in [0, 0.1) is 13.8 Å². The van der Waals surface area contributed by atoms with E-state index in [2.05, 4.69) is 41.1 Å². The number of anilines is 1. The van der Waals surface area contributed by atoms with Crippen LogP contribution in [0.3, 0.4) is 0 Å². The Labute approximate surface area is 270 Å². The van der Waals surface area contributed by atoms with Crippen LogP contribution in [0.5, 0.6) is 5.75 Å². The van der Waals surface area contributed by atoms with Gasteiger partial charge in [-0.15, -0.1) is 0 Å². The lowest BCUT2D eigenvalue weighted by Gasteiger charge is -2.31. The van der Waals surface area contributed by atoms with Crippen LogP contribution in [0.4, 0.5) is 5.69 Å². The number of hydrogen-bond acceptors (Lipinski definition) is 5. The number of aliphatic carboxylic acids is 1. The molecule has 0 radical (unpaired) electrons. The maximum Gasteiger partial charge on any atom is 0.309 e. The number of ether oxygens (including phenoxy) is 1. The van der Waals surface area contributed by atoms with E-state index in [0.29, 0.717) is 44.1 Å². The molecule has 0 saturated heterocycles. The van der Waals surface area contributed by atoms with E-state index < -0.39 is 5.97 Å². The van der Waals surface area contributed by atoms with Gasteiger partial charge in [-0.25, -0.2) is 4.99 Å². The molecule has 1 aliphatic rings. The lowest BCUT2D eigenvalue weighted by molar-refractivity contribution is -0.135. The Bertz CT molecular complexity index is 1790. The maximum atomic E-state index is 13.4. The molecule has 5 rings (SSSR count). The van der Waals surface area contributed by atoms with E-state index in [1.165, 1.54) is 11.1 Å². The molecule has 0 spiro atoms. The van der Waals surface area contributed by atoms with Gasteiger partial charge in [-0.3, -0.25) is 19.3 Å². The standard InChI is InChI=1S/C37H41N5O4/c1-25-10-5-16-34(27(25)3)46-19-9-17-35(43)42-18-8-14-32-31(13-7-15-33(32)42)30-22-39-41(24-30)23-28-11-6-12-29(21-28)37(38-4)40-26(2)20-36(44)45/h5-7,10-13,15-16,21-22,24H,8-9,14,17-20,23H2,1-4H3,(H,44,45). The number of carbonyl (C=O) groups excluding carboxylic acids is 1. The lowest BCUT2D eigenvalue weighted by atomic mass is 9.93. The first-order chi connectivity index (χ1) is 22.2. The molecule has 4 aromatic rings. The van der Waals surface area contributed by atoms with Gasteiger partial charge in [0.1, 0.15) is 5.75 Å². The van der Waals surface area contributed by atoms with E-state index in [1.54, 1.807) is 14.0 Å². The molecule has 9 nitrogen and oxygen atoms in total. The van der Waals surface area contributed by atoms with Gasteiger partial charge in [0.05, 0.1) is 25.8 Å². The number of carboxylic acids is 1. The molecule has 46 heavy (non-hydrogen) atoms. The van der Waals surface area contributed by atoms with Gasteiger partial charge >= 0.3 is 5.97 Å². The molecule has 1 aliphatic heterocycles. The normalized spacial score (nSPS) is 13.4. The highest BCUT2D eigenvalue weighted by Gasteiger charge is 2.25. The molecule has 238 valence electrons. The number of amidine groups is 1. The molecule has 0 aliphatic carbocycles. The molecule has 0 fully saturated rings. The van der Waals surface area contributed by atoms with Crippen molar-refractivity contribution in [1.29, 1.82) is 0 Å². The van der Waals surface area contributed by atoms with Gasteiger partial charge in [-0.1, -0.05) is 42.5 Å². The Hall–Kier alpha value is -5.05. The number of nitrogens with zero attached hydrogens (tertiary/aromatic N) is 5. The van der Waals surface area contributed by atoms with Crippen molar-refractivity contribution in [3.05, 3.63) is 101 Å². The van der Waals surface area contributed by atoms with E-state index in [-0.39, 0.29) is 12.3 Å². The third-order valence-electron chi connectivity index (χ3n) is 8.29. The number of carboxylic acid groups (broad SMARTS) is 1. The first kappa shape index (κ1) is 32.3. The smallest absolute Gasteiger partial charge is 0.309 e. The summed E-state index contributed by atoms with van der Waals surface area (Å²) in [5.74, 6) is 0.570. The predicted molar refractivity (Wildman–Crippen MR) is 182 cm³/mol. The molecule has 0 bridgehead atoms. The van der Waals surface area contributed by atoms with Crippen LogP contribution in [-0.4, -0.2) is 58.5 Å². The van der Waals surface area contributed by atoms with E-state index >= 15 is 0 Å². The van der Waals surface area contributed by atoms with Crippen molar-refractivity contribution < 1.29 is 19.4 Å². The van der Waals surface area contributed by atoms with Crippen LogP contribution in [0.2, 0.25) is 0 Å². The molecule has 3 aromatic carbocycles. The van der Waals surface area contributed by atoms with Crippen molar-refractivity contribution >= 4 is 29.1 Å². The number of fused-ring (bicyclic) bond motifs is 1. The Morgan fingerprint density at radius 2 is 1.87 bits per heavy atom. The van der Waals surface area contributed by atoms with Gasteiger partial charge in [0.15, 0.2) is 5.84 Å². The van der Waals surface area contributed by atoms with Crippen molar-refractivity contribution in [3.8, 4) is 16.9 Å². The molecule has 0 saturated carbocycles. The predicted octanol–water partition coefficient (Wildman–Crippen LogP) is 6.67. The number of aryl methyl sites for hydroxylation is 1. The highest BCUT2D eigenvalue weighted by molar-refractivity contribution is 6.09. The molecule has 1 aromatic heterocycles. The fraction of sp³-hybridized carbons (Fsp3) is 0.324. The van der Waals surface area contributed by atoms with Crippen molar-refractivity contribution in [3.63, 3.8) is 0 Å². The second kappa shape index (κ2) is 14.8. The van der Waals surface area contributed by atoms with Crippen molar-refractivity contribution in [2.75, 3.05) is 25.1 Å². The summed E-state index contributed by atoms with van der Waals surface area (Å²) in [6.45, 7) is 7.58. The molecule has 0 unspecified atom stereocenters. The monoisotopic (exact) mass is 619 g/mol. The Kier molecular flexibility index (Phi) is 10.4. The average Bonchev–Trinajstić information content (AvgIpc) is 3.51. The van der Waals surface area contributed by atoms with Crippen LogP contribution in [0.1, 0.15) is 60.4 Å². The summed E-state index contributed by atoms with van der Waals surface area (Å²) >= 11 is 0. The molecule has 9 heteroatoms. The zero-order valence-corrected chi connectivity index (χ0v) is 27.0. The summed E-state index contributed by atoms with van der Waals surface area (Å²) in [5, 5.41) is 13.7. The van der Waals surface area contributed by atoms with E-state index in [4.69, 9.17) is 9.84 Å². The topological polar surface area (TPSA) is 109 Å². The number of carbonyl (C=O) groups is 2. The molecule has 0 atom stereocenters. The summed E-state index contributed by atoms with van der Waals surface area (Å²) < 4.78 is 7.89. The molecule has 1 N–H and O–H groups in total. The SMILES string of the molecule is CN=C(N=C(C)CC(=O)O)c1cccc(Cn2cc(-c3cccc4c3CCCN4C(=O)CCCOc3cccc(C)c3C)cn2)c1. The van der Waals surface area contributed by atoms with Gasteiger partial charge in [-0.05, 0) is 86.1 Å². The Morgan fingerprint density at radius 3 is 2.67 bits per heavy atom. The summed E-state index contributed by atoms with van der Waals surface area (Å²) in [4.78, 5) is 35.1. The van der Waals surface area contributed by atoms with Crippen molar-refractivity contribution in [2.45, 2.75) is 59.4 Å². The highest BCUT2D eigenvalue weighted by Crippen LogP contribution is 2.36. The number of amides is 1. The molecule has 1 amide bonds. The number of rotatable bonds is 11. The number of benzene rings is 3. The molecule has 2 heterocycles. The number of hydrogen-bond donors (Lipinski definition) is 1. The lowest BCUT2D eigenvalue weighted by Crippen LogP contribution is -2.35. The van der Waals surface area contributed by atoms with Gasteiger partial charge in [0.25, 0.3) is 0 Å². The van der Waals surface area contributed by atoms with Crippen LogP contribution in [0.15, 0.2) is 83.0 Å². The first-order valence-corrected chi connectivity index (χ1v) is 15.7. The maximum absolute atomic E-state index is 13.4. The largest absolute Gasteiger partial charge is 0.493 e. The summed E-state index contributed by atoms with van der Waals surface area (Å²) in [5.41, 5.74) is 8.92. The minimum absolute atomic E-state index is 0.121. The quantitative estimate of drug-likeness (QED) is 0.115. The number of aromatic nitrogens is 2. The third-order valence-corrected chi connectivity index (χ3v) is 8.29. The van der Waals surface area contributed by atoms with Gasteiger partial charge in [0, 0.05) is 48.7 Å². The fourth-order valence-electron chi connectivity index (χ4n) is 5.84. The van der Waals surface area contributed by atoms with Crippen LogP contribution < -0.4 is 9.64 Å². The second-order valence-corrected chi connectivity index (χ2v) is 11.7. The minimum Gasteiger partial charge on any atom is -0.493 e. The highest BCUT2D eigenvalue weighted by atomic mass is 16.5. The van der Waals surface area contributed by atoms with Gasteiger partial charge in [0.2, 0.25) is 5.91 Å². The van der Waals surface area contributed by atoms with E-state index in [0.717, 1.165) is 52.1 Å². The average molecular weight is 620 g/mol. The summed E-state index contributed by atoms with van der Waals surface area (Å²) in [6, 6.07) is 20.1. The van der Waals surface area contributed by atoms with E-state index in [9.17, 15) is 9.59 Å². The Balaban J connectivity index is 1.26. The minimum atomic E-state index is -0.923. The van der Waals surface area contributed by atoms with Crippen molar-refractivity contribution in [1.82, 2.24) is 9.78 Å². The van der Waals surface area contributed by atoms with Gasteiger partial charge < -0.3 is 14.7 Å². The number of aliphatic imine (C=N–C) groups is 2. The van der Waals surface area contributed by atoms with Crippen LogP contribution >= 0.6 is 0 Å². The van der Waals surface area contributed by atoms with Gasteiger partial charge in [-0.2, -0.15) is 5.10 Å². The fourth-order valence-corrected chi connectivity index (χ4v) is 5.84. The molecular weight excluding hydrogens is 578 g/mol. The molecular formula is C37H41N5O4. The third kappa shape index (κ3) is 7.77. The van der Waals surface area contributed by atoms with Crippen LogP contribution in [-0.2, 0) is 22.6 Å². The zero-order chi connectivity index (χ0) is 32.6. The Morgan fingerprint density at radius 1 is 1.07 bits per heavy atom. The van der Waals surface area contributed by atoms with Crippen molar-refractivity contribution in [2.24, 2.45) is 9.98 Å². The summed E-state index contributed by atoms with van der Waals surface area (Å²) in [7, 11) is 1.65. The zero-order valence-electron chi connectivity index (χ0n) is 27.0. The van der Waals surface area contributed by atoms with Crippen LogP contribution in [0.25, 0.3) is 11.1 Å². The van der Waals surface area contributed by atoms with E-state index in [1.807, 2.05) is 70.5 Å². The second-order valence-electron chi connectivity index (χ2n) is 11.7. The summed E-state index contributed by atoms with van der Waals surface area (Å²) in [6.07, 6.45) is 6.69. The first-order valence-electron chi connectivity index (χ1n) is 15.7.